The molecule has 0 aromatic rings. The molecule has 2 atom stereocenters. The van der Waals surface area contributed by atoms with Crippen LogP contribution >= 0.6 is 0 Å². The van der Waals surface area contributed by atoms with E-state index in [4.69, 9.17) is 5.73 Å². The minimum atomic E-state index is -0.468. The number of likely N-dealkylation sites (N-methyl/N-ethyl adjacent to an activating group) is 1. The van der Waals surface area contributed by atoms with Gasteiger partial charge in [-0.1, -0.05) is 20.3 Å². The maximum atomic E-state index is 12.0. The first kappa shape index (κ1) is 15.8. The van der Waals surface area contributed by atoms with Crippen LogP contribution in [0.25, 0.3) is 0 Å². The van der Waals surface area contributed by atoms with Gasteiger partial charge in [0.25, 0.3) is 0 Å². The van der Waals surface area contributed by atoms with Crippen LogP contribution in [0.2, 0.25) is 0 Å². The highest BCUT2D eigenvalue weighted by atomic mass is 16.1. The van der Waals surface area contributed by atoms with E-state index >= 15 is 0 Å². The van der Waals surface area contributed by atoms with Crippen molar-refractivity contribution in [2.75, 3.05) is 19.6 Å². The molecule has 2 fully saturated rings. The number of hydrogen-bond acceptors (Lipinski definition) is 3. The Balaban J connectivity index is 2.00. The summed E-state index contributed by atoms with van der Waals surface area (Å²) in [6, 6.07) is 0.515. The van der Waals surface area contributed by atoms with Crippen molar-refractivity contribution in [2.24, 2.45) is 11.7 Å². The Morgan fingerprint density at radius 1 is 1.30 bits per heavy atom. The third kappa shape index (κ3) is 3.34. The Morgan fingerprint density at radius 3 is 2.55 bits per heavy atom. The molecule has 0 heterocycles. The van der Waals surface area contributed by atoms with E-state index in [2.05, 4.69) is 24.1 Å². The highest BCUT2D eigenvalue weighted by Gasteiger charge is 2.42. The molecule has 4 nitrogen and oxygen atoms in total. The summed E-state index contributed by atoms with van der Waals surface area (Å²) in [6.45, 7) is 7.40. The summed E-state index contributed by atoms with van der Waals surface area (Å²) in [6.07, 6.45) is 8.26. The van der Waals surface area contributed by atoms with E-state index in [1.165, 1.54) is 32.2 Å². The van der Waals surface area contributed by atoms with Crippen molar-refractivity contribution < 1.29 is 4.79 Å². The van der Waals surface area contributed by atoms with Crippen molar-refractivity contribution in [1.29, 1.82) is 0 Å². The number of amides is 1. The topological polar surface area (TPSA) is 58.4 Å². The van der Waals surface area contributed by atoms with E-state index < -0.39 is 5.54 Å². The molecule has 1 amide bonds. The second kappa shape index (κ2) is 6.90. The number of nitrogens with one attached hydrogen (secondary N) is 1. The van der Waals surface area contributed by atoms with Crippen LogP contribution < -0.4 is 11.1 Å². The molecule has 0 bridgehead atoms. The Kier molecular flexibility index (Phi) is 5.44. The number of carbonyl (C=O) groups is 1. The van der Waals surface area contributed by atoms with Gasteiger partial charge in [0.15, 0.2) is 0 Å². The van der Waals surface area contributed by atoms with Crippen LogP contribution in [0.1, 0.15) is 58.8 Å². The molecule has 0 saturated heterocycles. The molecular formula is C16H31N3O. The van der Waals surface area contributed by atoms with E-state index in [1.807, 2.05) is 0 Å². The second-order valence-corrected chi connectivity index (χ2v) is 6.61. The normalized spacial score (nSPS) is 31.2. The summed E-state index contributed by atoms with van der Waals surface area (Å²) in [5.41, 5.74) is 5.24. The molecule has 20 heavy (non-hydrogen) atoms. The second-order valence-electron chi connectivity index (χ2n) is 6.61. The zero-order valence-corrected chi connectivity index (χ0v) is 13.2. The van der Waals surface area contributed by atoms with Crippen molar-refractivity contribution in [2.45, 2.75) is 70.4 Å². The average molecular weight is 281 g/mol. The lowest BCUT2D eigenvalue weighted by Crippen LogP contribution is -2.61. The van der Waals surface area contributed by atoms with Crippen LogP contribution in [0, 0.1) is 5.92 Å². The quantitative estimate of drug-likeness (QED) is 0.749. The van der Waals surface area contributed by atoms with Gasteiger partial charge in [-0.2, -0.15) is 0 Å². The standard InChI is InChI=1S/C16H31N3O/c1-3-18-16(15(17)20)10-6-9-14(11-16)19(4-2)12-13-7-5-8-13/h13-14,18H,3-12H2,1-2H3,(H2,17,20). The third-order valence-corrected chi connectivity index (χ3v) is 5.35. The maximum Gasteiger partial charge on any atom is 0.237 e. The molecule has 0 aromatic heterocycles. The minimum absolute atomic E-state index is 0.163. The zero-order chi connectivity index (χ0) is 14.6. The van der Waals surface area contributed by atoms with Crippen LogP contribution in [0.3, 0.4) is 0 Å². The van der Waals surface area contributed by atoms with Crippen LogP contribution in [-0.2, 0) is 4.79 Å². The molecule has 2 rings (SSSR count). The van der Waals surface area contributed by atoms with Gasteiger partial charge in [0.1, 0.15) is 0 Å². The molecule has 2 aliphatic rings. The van der Waals surface area contributed by atoms with Crippen molar-refractivity contribution in [3.05, 3.63) is 0 Å². The Labute approximate surface area is 123 Å². The number of nitrogens with two attached hydrogens (primary N) is 1. The lowest BCUT2D eigenvalue weighted by molar-refractivity contribution is -0.126. The number of nitrogens with zero attached hydrogens (tertiary/aromatic N) is 1. The Hall–Kier alpha value is -0.610. The monoisotopic (exact) mass is 281 g/mol. The molecule has 2 aliphatic carbocycles. The van der Waals surface area contributed by atoms with E-state index in [9.17, 15) is 4.79 Å². The van der Waals surface area contributed by atoms with Gasteiger partial charge in [-0.3, -0.25) is 4.79 Å². The summed E-state index contributed by atoms with van der Waals surface area (Å²) in [5.74, 6) is 0.725. The molecule has 0 radical (unpaired) electrons. The third-order valence-electron chi connectivity index (χ3n) is 5.35. The van der Waals surface area contributed by atoms with Gasteiger partial charge >= 0.3 is 0 Å². The average Bonchev–Trinajstić information content (AvgIpc) is 2.38. The summed E-state index contributed by atoms with van der Waals surface area (Å²) < 4.78 is 0. The fraction of sp³-hybridized carbons (Fsp3) is 0.938. The molecular weight excluding hydrogens is 250 g/mol. The van der Waals surface area contributed by atoms with Crippen molar-refractivity contribution in [3.63, 3.8) is 0 Å². The first-order valence-corrected chi connectivity index (χ1v) is 8.40. The van der Waals surface area contributed by atoms with Crippen molar-refractivity contribution >= 4 is 5.91 Å². The largest absolute Gasteiger partial charge is 0.368 e. The van der Waals surface area contributed by atoms with Crippen LogP contribution in [0.15, 0.2) is 0 Å². The van der Waals surface area contributed by atoms with Crippen molar-refractivity contribution in [3.8, 4) is 0 Å². The molecule has 3 N–H and O–H groups in total. The molecule has 0 spiro atoms. The molecule has 0 aromatic carbocycles. The highest BCUT2D eigenvalue weighted by molar-refractivity contribution is 5.84. The fourth-order valence-electron chi connectivity index (χ4n) is 3.91. The molecule has 2 saturated carbocycles. The predicted octanol–water partition coefficient (Wildman–Crippen LogP) is 1.88. The van der Waals surface area contributed by atoms with Crippen LogP contribution in [0.5, 0.6) is 0 Å². The maximum absolute atomic E-state index is 12.0. The van der Waals surface area contributed by atoms with E-state index in [0.29, 0.717) is 6.04 Å². The number of primary amides is 1. The smallest absolute Gasteiger partial charge is 0.237 e. The lowest BCUT2D eigenvalue weighted by Gasteiger charge is -2.45. The summed E-state index contributed by atoms with van der Waals surface area (Å²) in [5, 5.41) is 3.39. The van der Waals surface area contributed by atoms with Crippen LogP contribution in [-0.4, -0.2) is 42.0 Å². The Morgan fingerprint density at radius 2 is 2.05 bits per heavy atom. The lowest BCUT2D eigenvalue weighted by atomic mass is 9.77. The van der Waals surface area contributed by atoms with Gasteiger partial charge < -0.3 is 16.0 Å². The summed E-state index contributed by atoms with van der Waals surface area (Å²) in [4.78, 5) is 14.5. The Bertz CT molecular complexity index is 326. The van der Waals surface area contributed by atoms with Gasteiger partial charge in [-0.25, -0.2) is 0 Å². The molecule has 2 unspecified atom stereocenters. The summed E-state index contributed by atoms with van der Waals surface area (Å²) in [7, 11) is 0. The highest BCUT2D eigenvalue weighted by Crippen LogP contribution is 2.34. The molecule has 0 aliphatic heterocycles. The molecule has 4 heteroatoms. The number of rotatable bonds is 7. The SMILES string of the molecule is CCNC1(C(N)=O)CCCC(N(CC)CC2CCC2)C1. The number of hydrogen-bond donors (Lipinski definition) is 2. The van der Waals surface area contributed by atoms with Gasteiger partial charge in [0.05, 0.1) is 5.54 Å². The first-order chi connectivity index (χ1) is 9.61. The predicted molar refractivity (Wildman–Crippen MR) is 82.4 cm³/mol. The number of carbonyl (C=O) groups excluding carboxylic acids is 1. The summed E-state index contributed by atoms with van der Waals surface area (Å²) >= 11 is 0. The van der Waals surface area contributed by atoms with Gasteiger partial charge in [-0.05, 0) is 57.5 Å². The van der Waals surface area contributed by atoms with Gasteiger partial charge in [0.2, 0.25) is 5.91 Å². The van der Waals surface area contributed by atoms with E-state index in [0.717, 1.165) is 38.3 Å². The fourth-order valence-corrected chi connectivity index (χ4v) is 3.91. The zero-order valence-electron chi connectivity index (χ0n) is 13.2. The van der Waals surface area contributed by atoms with Crippen LogP contribution in [0.4, 0.5) is 0 Å². The van der Waals surface area contributed by atoms with Gasteiger partial charge in [0, 0.05) is 12.6 Å². The van der Waals surface area contributed by atoms with Crippen molar-refractivity contribution in [1.82, 2.24) is 10.2 Å². The van der Waals surface area contributed by atoms with E-state index in [-0.39, 0.29) is 5.91 Å². The minimum Gasteiger partial charge on any atom is -0.368 e. The van der Waals surface area contributed by atoms with E-state index in [1.54, 1.807) is 0 Å². The first-order valence-electron chi connectivity index (χ1n) is 8.40. The molecule has 116 valence electrons. The van der Waals surface area contributed by atoms with Gasteiger partial charge in [-0.15, -0.1) is 0 Å².